The standard InChI is InChI=1S/C32H26ClN3O5/c1-3-40-27-18-20(16-17-25(27)41-32(38)22-12-7-8-14-24(22)33)19-34-36-31(37)30-28(21-10-5-4-6-11-21)23-13-9-15-26(39-2)29(23)35-30/h4-19,35H,3H2,1-2H3,(H,36,37). The minimum atomic E-state index is -0.602. The highest BCUT2D eigenvalue weighted by Gasteiger charge is 2.21. The maximum absolute atomic E-state index is 13.3. The second-order valence-electron chi connectivity index (χ2n) is 8.83. The number of H-pyrrole nitrogens is 1. The summed E-state index contributed by atoms with van der Waals surface area (Å²) in [4.78, 5) is 29.2. The molecule has 41 heavy (non-hydrogen) atoms. The van der Waals surface area contributed by atoms with Crippen molar-refractivity contribution in [3.63, 3.8) is 0 Å². The quantitative estimate of drug-likeness (QED) is 0.0875. The molecule has 1 amide bonds. The molecule has 2 N–H and O–H groups in total. The number of amides is 1. The van der Waals surface area contributed by atoms with Crippen LogP contribution in [0, 0.1) is 0 Å². The number of methoxy groups -OCH3 is 1. The molecule has 5 aromatic rings. The number of benzene rings is 4. The Balaban J connectivity index is 1.38. The highest BCUT2D eigenvalue weighted by molar-refractivity contribution is 6.33. The molecule has 0 fully saturated rings. The number of rotatable bonds is 9. The van der Waals surface area contributed by atoms with E-state index in [0.717, 1.165) is 16.5 Å². The fourth-order valence-electron chi connectivity index (χ4n) is 4.40. The Morgan fingerprint density at radius 1 is 0.927 bits per heavy atom. The molecule has 1 aromatic heterocycles. The molecule has 0 aliphatic rings. The summed E-state index contributed by atoms with van der Waals surface area (Å²) in [5, 5.41) is 5.31. The number of hydrogen-bond donors (Lipinski definition) is 2. The van der Waals surface area contributed by atoms with Crippen molar-refractivity contribution in [2.45, 2.75) is 6.92 Å². The molecular formula is C32H26ClN3O5. The summed E-state index contributed by atoms with van der Waals surface area (Å²) in [5.74, 6) is 0.179. The summed E-state index contributed by atoms with van der Waals surface area (Å²) in [5.41, 5.74) is 6.15. The second-order valence-corrected chi connectivity index (χ2v) is 9.24. The van der Waals surface area contributed by atoms with E-state index in [0.29, 0.717) is 39.9 Å². The van der Waals surface area contributed by atoms with E-state index in [1.165, 1.54) is 6.21 Å². The lowest BCUT2D eigenvalue weighted by Gasteiger charge is -2.12. The lowest BCUT2D eigenvalue weighted by molar-refractivity contribution is 0.0728. The number of para-hydroxylation sites is 1. The van der Waals surface area contributed by atoms with Crippen LogP contribution in [-0.4, -0.2) is 36.8 Å². The van der Waals surface area contributed by atoms with Crippen molar-refractivity contribution in [3.05, 3.63) is 113 Å². The van der Waals surface area contributed by atoms with E-state index in [1.807, 2.05) is 55.5 Å². The van der Waals surface area contributed by atoms with Crippen LogP contribution in [0.2, 0.25) is 5.02 Å². The van der Waals surface area contributed by atoms with Crippen LogP contribution in [0.15, 0.2) is 96.1 Å². The van der Waals surface area contributed by atoms with Crippen LogP contribution >= 0.6 is 11.6 Å². The molecule has 0 spiro atoms. The summed E-state index contributed by atoms with van der Waals surface area (Å²) in [6, 6.07) is 26.9. The van der Waals surface area contributed by atoms with Gasteiger partial charge in [0.25, 0.3) is 5.91 Å². The number of halogens is 1. The van der Waals surface area contributed by atoms with Gasteiger partial charge < -0.3 is 19.2 Å². The fraction of sp³-hybridized carbons (Fsp3) is 0.0938. The van der Waals surface area contributed by atoms with Gasteiger partial charge in [0.1, 0.15) is 11.4 Å². The zero-order valence-electron chi connectivity index (χ0n) is 22.3. The van der Waals surface area contributed by atoms with E-state index >= 15 is 0 Å². The molecule has 0 bridgehead atoms. The molecule has 4 aromatic carbocycles. The zero-order valence-corrected chi connectivity index (χ0v) is 23.1. The SMILES string of the molecule is CCOc1cc(C=NNC(=O)c2[nH]c3c(OC)cccc3c2-c2ccccc2)ccc1OC(=O)c1ccccc1Cl. The van der Waals surface area contributed by atoms with Crippen molar-refractivity contribution in [1.82, 2.24) is 10.4 Å². The van der Waals surface area contributed by atoms with Crippen molar-refractivity contribution in [2.75, 3.05) is 13.7 Å². The molecule has 0 saturated carbocycles. The van der Waals surface area contributed by atoms with Gasteiger partial charge in [-0.05, 0) is 54.4 Å². The van der Waals surface area contributed by atoms with Crippen molar-refractivity contribution in [1.29, 1.82) is 0 Å². The van der Waals surface area contributed by atoms with Crippen LogP contribution in [-0.2, 0) is 0 Å². The van der Waals surface area contributed by atoms with E-state index in [-0.39, 0.29) is 11.3 Å². The Morgan fingerprint density at radius 2 is 1.71 bits per heavy atom. The van der Waals surface area contributed by atoms with Gasteiger partial charge in [0.15, 0.2) is 11.5 Å². The Morgan fingerprint density at radius 3 is 2.46 bits per heavy atom. The highest BCUT2D eigenvalue weighted by Crippen LogP contribution is 2.36. The van der Waals surface area contributed by atoms with Crippen molar-refractivity contribution in [3.8, 4) is 28.4 Å². The van der Waals surface area contributed by atoms with E-state index in [9.17, 15) is 9.59 Å². The molecular weight excluding hydrogens is 542 g/mol. The molecule has 5 rings (SSSR count). The van der Waals surface area contributed by atoms with Crippen LogP contribution in [0.3, 0.4) is 0 Å². The zero-order chi connectivity index (χ0) is 28.8. The van der Waals surface area contributed by atoms with Gasteiger partial charge >= 0.3 is 5.97 Å². The van der Waals surface area contributed by atoms with E-state index < -0.39 is 11.9 Å². The van der Waals surface area contributed by atoms with Crippen molar-refractivity contribution >= 4 is 40.6 Å². The van der Waals surface area contributed by atoms with Gasteiger partial charge in [-0.25, -0.2) is 10.2 Å². The van der Waals surface area contributed by atoms with E-state index in [4.69, 9.17) is 25.8 Å². The third-order valence-corrected chi connectivity index (χ3v) is 6.58. The third-order valence-electron chi connectivity index (χ3n) is 6.25. The van der Waals surface area contributed by atoms with Crippen LogP contribution in [0.1, 0.15) is 33.3 Å². The number of hydrazone groups is 1. The van der Waals surface area contributed by atoms with Gasteiger partial charge in [0.2, 0.25) is 0 Å². The Bertz CT molecular complexity index is 1750. The number of esters is 1. The maximum Gasteiger partial charge on any atom is 0.345 e. The average molecular weight is 568 g/mol. The Kier molecular flexibility index (Phi) is 8.31. The number of aromatic nitrogens is 1. The lowest BCUT2D eigenvalue weighted by atomic mass is 10.0. The smallest absolute Gasteiger partial charge is 0.345 e. The van der Waals surface area contributed by atoms with Crippen LogP contribution in [0.25, 0.3) is 22.0 Å². The monoisotopic (exact) mass is 567 g/mol. The molecule has 0 unspecified atom stereocenters. The number of hydrogen-bond acceptors (Lipinski definition) is 6. The predicted octanol–water partition coefficient (Wildman–Crippen LogP) is 6.88. The summed E-state index contributed by atoms with van der Waals surface area (Å²) in [6.07, 6.45) is 1.48. The lowest BCUT2D eigenvalue weighted by Crippen LogP contribution is -2.19. The second kappa shape index (κ2) is 12.4. The van der Waals surface area contributed by atoms with Crippen molar-refractivity contribution in [2.24, 2.45) is 5.10 Å². The average Bonchev–Trinajstić information content (AvgIpc) is 3.39. The van der Waals surface area contributed by atoms with Crippen LogP contribution in [0.4, 0.5) is 0 Å². The van der Waals surface area contributed by atoms with E-state index in [2.05, 4.69) is 15.5 Å². The summed E-state index contributed by atoms with van der Waals surface area (Å²) >= 11 is 6.13. The molecule has 8 nitrogen and oxygen atoms in total. The fourth-order valence-corrected chi connectivity index (χ4v) is 4.61. The first-order chi connectivity index (χ1) is 20.0. The molecule has 0 atom stereocenters. The van der Waals surface area contributed by atoms with Gasteiger partial charge in [-0.3, -0.25) is 4.79 Å². The van der Waals surface area contributed by atoms with Gasteiger partial charge in [-0.1, -0.05) is 66.2 Å². The first-order valence-electron chi connectivity index (χ1n) is 12.8. The Hall–Kier alpha value is -5.08. The summed E-state index contributed by atoms with van der Waals surface area (Å²) < 4.78 is 16.7. The molecule has 0 saturated heterocycles. The number of carbonyl (C=O) groups excluding carboxylic acids is 2. The summed E-state index contributed by atoms with van der Waals surface area (Å²) in [7, 11) is 1.58. The number of nitrogens with zero attached hydrogens (tertiary/aromatic N) is 1. The molecule has 1 heterocycles. The highest BCUT2D eigenvalue weighted by atomic mass is 35.5. The molecule has 0 radical (unpaired) electrons. The first kappa shape index (κ1) is 27.5. The minimum absolute atomic E-state index is 0.234. The maximum atomic E-state index is 13.3. The largest absolute Gasteiger partial charge is 0.495 e. The van der Waals surface area contributed by atoms with Gasteiger partial charge in [0.05, 0.1) is 36.0 Å². The number of aromatic amines is 1. The van der Waals surface area contributed by atoms with Gasteiger partial charge in [-0.2, -0.15) is 5.10 Å². The number of fused-ring (bicyclic) bond motifs is 1. The van der Waals surface area contributed by atoms with Gasteiger partial charge in [-0.15, -0.1) is 0 Å². The topological polar surface area (TPSA) is 102 Å². The van der Waals surface area contributed by atoms with Gasteiger partial charge in [0, 0.05) is 10.9 Å². The number of carbonyl (C=O) groups is 2. The number of ether oxygens (including phenoxy) is 3. The Labute approximate surface area is 241 Å². The molecule has 0 aliphatic heterocycles. The first-order valence-corrected chi connectivity index (χ1v) is 13.2. The predicted molar refractivity (Wildman–Crippen MR) is 159 cm³/mol. The van der Waals surface area contributed by atoms with Crippen LogP contribution < -0.4 is 19.6 Å². The molecule has 0 aliphatic carbocycles. The van der Waals surface area contributed by atoms with Crippen LogP contribution in [0.5, 0.6) is 17.2 Å². The third kappa shape index (κ3) is 5.92. The van der Waals surface area contributed by atoms with Crippen molar-refractivity contribution < 1.29 is 23.8 Å². The molecule has 9 heteroatoms. The summed E-state index contributed by atoms with van der Waals surface area (Å²) in [6.45, 7) is 2.17. The number of nitrogens with one attached hydrogen (secondary N) is 2. The molecule has 206 valence electrons. The van der Waals surface area contributed by atoms with E-state index in [1.54, 1.807) is 49.6 Å². The minimum Gasteiger partial charge on any atom is -0.495 e. The normalized spacial score (nSPS) is 11.0.